The molecule has 0 amide bonds. The number of nitriles is 1. The highest BCUT2D eigenvalue weighted by Crippen LogP contribution is 2.11. The maximum Gasteiger partial charge on any atom is 0.354 e. The van der Waals surface area contributed by atoms with Crippen molar-refractivity contribution in [3.8, 4) is 6.07 Å². The Labute approximate surface area is 93.9 Å². The summed E-state index contributed by atoms with van der Waals surface area (Å²) in [7, 11) is 1.78. The van der Waals surface area contributed by atoms with Crippen molar-refractivity contribution in [2.45, 2.75) is 6.92 Å². The minimum atomic E-state index is -1.05. The van der Waals surface area contributed by atoms with E-state index in [2.05, 4.69) is 11.1 Å². The zero-order valence-electron chi connectivity index (χ0n) is 9.21. The molecule has 0 radical (unpaired) electrons. The maximum atomic E-state index is 10.7. The van der Waals surface area contributed by atoms with Gasteiger partial charge < -0.3 is 10.0 Å². The lowest BCUT2D eigenvalue weighted by molar-refractivity contribution is 0.0690. The number of hydrogen-bond acceptors (Lipinski definition) is 4. The van der Waals surface area contributed by atoms with Crippen LogP contribution in [0, 0.1) is 17.2 Å². The van der Waals surface area contributed by atoms with Gasteiger partial charge in [-0.3, -0.25) is 0 Å². The van der Waals surface area contributed by atoms with Crippen LogP contribution in [-0.4, -0.2) is 29.7 Å². The zero-order chi connectivity index (χ0) is 12.1. The van der Waals surface area contributed by atoms with E-state index in [1.165, 1.54) is 6.07 Å². The van der Waals surface area contributed by atoms with Crippen LogP contribution in [0.25, 0.3) is 0 Å². The molecular formula is C11H13N3O2. The molecule has 1 aromatic heterocycles. The summed E-state index contributed by atoms with van der Waals surface area (Å²) >= 11 is 0. The molecule has 5 nitrogen and oxygen atoms in total. The SMILES string of the molecule is CC(C#N)CN(C)c1cccc(C(=O)O)n1. The molecule has 0 bridgehead atoms. The number of hydrogen-bond donors (Lipinski definition) is 1. The van der Waals surface area contributed by atoms with E-state index in [1.807, 2.05) is 0 Å². The molecule has 0 aliphatic carbocycles. The number of aromatic nitrogens is 1. The number of carboxylic acid groups (broad SMARTS) is 1. The lowest BCUT2D eigenvalue weighted by Gasteiger charge is -2.19. The minimum absolute atomic E-state index is 0.00830. The molecule has 0 aromatic carbocycles. The lowest BCUT2D eigenvalue weighted by atomic mass is 10.2. The van der Waals surface area contributed by atoms with Gasteiger partial charge in [0, 0.05) is 13.6 Å². The van der Waals surface area contributed by atoms with Crippen LogP contribution in [0.15, 0.2) is 18.2 Å². The van der Waals surface area contributed by atoms with E-state index in [-0.39, 0.29) is 11.6 Å². The Balaban J connectivity index is 2.84. The third kappa shape index (κ3) is 2.95. The van der Waals surface area contributed by atoms with Gasteiger partial charge >= 0.3 is 5.97 Å². The van der Waals surface area contributed by atoms with E-state index in [9.17, 15) is 4.79 Å². The van der Waals surface area contributed by atoms with Gasteiger partial charge in [0.25, 0.3) is 0 Å². The van der Waals surface area contributed by atoms with Crippen LogP contribution in [0.4, 0.5) is 5.82 Å². The van der Waals surface area contributed by atoms with Crippen molar-refractivity contribution in [3.05, 3.63) is 23.9 Å². The molecule has 0 aliphatic rings. The second kappa shape index (κ2) is 5.12. The van der Waals surface area contributed by atoms with Crippen LogP contribution in [0.1, 0.15) is 17.4 Å². The number of carbonyl (C=O) groups is 1. The van der Waals surface area contributed by atoms with E-state index < -0.39 is 5.97 Å². The topological polar surface area (TPSA) is 77.2 Å². The Hall–Kier alpha value is -2.09. The van der Waals surface area contributed by atoms with Crippen molar-refractivity contribution in [3.63, 3.8) is 0 Å². The average Bonchev–Trinajstić information content (AvgIpc) is 2.28. The summed E-state index contributed by atoms with van der Waals surface area (Å²) in [5.41, 5.74) is 0.00830. The molecule has 1 unspecified atom stereocenters. The molecule has 1 aromatic rings. The predicted molar refractivity (Wildman–Crippen MR) is 59.2 cm³/mol. The molecule has 0 saturated heterocycles. The highest BCUT2D eigenvalue weighted by molar-refractivity contribution is 5.85. The Morgan fingerprint density at radius 1 is 1.69 bits per heavy atom. The summed E-state index contributed by atoms with van der Waals surface area (Å²) in [6.07, 6.45) is 0. The number of anilines is 1. The fraction of sp³-hybridized carbons (Fsp3) is 0.364. The highest BCUT2D eigenvalue weighted by atomic mass is 16.4. The summed E-state index contributed by atoms with van der Waals surface area (Å²) in [5.74, 6) is -0.620. The number of nitrogens with zero attached hydrogens (tertiary/aromatic N) is 3. The van der Waals surface area contributed by atoms with E-state index >= 15 is 0 Å². The molecule has 1 rings (SSSR count). The van der Waals surface area contributed by atoms with Crippen molar-refractivity contribution in [2.24, 2.45) is 5.92 Å². The van der Waals surface area contributed by atoms with Crippen LogP contribution in [0.2, 0.25) is 0 Å². The van der Waals surface area contributed by atoms with Gasteiger partial charge in [-0.15, -0.1) is 0 Å². The fourth-order valence-corrected chi connectivity index (χ4v) is 1.30. The molecule has 5 heteroatoms. The van der Waals surface area contributed by atoms with E-state index in [0.29, 0.717) is 12.4 Å². The number of rotatable bonds is 4. The standard InChI is InChI=1S/C11H13N3O2/c1-8(6-12)7-14(2)10-5-3-4-9(13-10)11(15)16/h3-5,8H,7H2,1-2H3,(H,15,16). The number of aromatic carboxylic acids is 1. The second-order valence-electron chi connectivity index (χ2n) is 3.60. The molecule has 0 saturated carbocycles. The third-order valence-corrected chi connectivity index (χ3v) is 2.11. The van der Waals surface area contributed by atoms with Crippen LogP contribution in [0.3, 0.4) is 0 Å². The third-order valence-electron chi connectivity index (χ3n) is 2.11. The van der Waals surface area contributed by atoms with Gasteiger partial charge in [-0.25, -0.2) is 9.78 Å². The Morgan fingerprint density at radius 3 is 2.94 bits per heavy atom. The fourth-order valence-electron chi connectivity index (χ4n) is 1.30. The molecule has 16 heavy (non-hydrogen) atoms. The van der Waals surface area contributed by atoms with Crippen LogP contribution in [0.5, 0.6) is 0 Å². The largest absolute Gasteiger partial charge is 0.477 e. The summed E-state index contributed by atoms with van der Waals surface area (Å²) in [5, 5.41) is 17.5. The molecule has 84 valence electrons. The summed E-state index contributed by atoms with van der Waals surface area (Å²) in [4.78, 5) is 16.5. The van der Waals surface area contributed by atoms with Gasteiger partial charge in [0.15, 0.2) is 5.69 Å². The smallest absolute Gasteiger partial charge is 0.354 e. The number of pyridine rings is 1. The van der Waals surface area contributed by atoms with Gasteiger partial charge in [0.1, 0.15) is 5.82 Å². The molecular weight excluding hydrogens is 206 g/mol. The van der Waals surface area contributed by atoms with Crippen molar-refractivity contribution < 1.29 is 9.90 Å². The van der Waals surface area contributed by atoms with Gasteiger partial charge in [-0.1, -0.05) is 6.07 Å². The first-order valence-electron chi connectivity index (χ1n) is 4.85. The molecule has 0 spiro atoms. The van der Waals surface area contributed by atoms with E-state index in [0.717, 1.165) is 0 Å². The van der Waals surface area contributed by atoms with Crippen molar-refractivity contribution >= 4 is 11.8 Å². The quantitative estimate of drug-likeness (QED) is 0.827. The monoisotopic (exact) mass is 219 g/mol. The van der Waals surface area contributed by atoms with Crippen LogP contribution < -0.4 is 4.90 Å². The molecule has 1 atom stereocenters. The minimum Gasteiger partial charge on any atom is -0.477 e. The summed E-state index contributed by atoms with van der Waals surface area (Å²) in [6, 6.07) is 6.91. The Morgan fingerprint density at radius 2 is 2.38 bits per heavy atom. The molecule has 1 N–H and O–H groups in total. The van der Waals surface area contributed by atoms with Gasteiger partial charge in [0.05, 0.1) is 12.0 Å². The summed E-state index contributed by atoms with van der Waals surface area (Å²) in [6.45, 7) is 2.32. The maximum absolute atomic E-state index is 10.7. The lowest BCUT2D eigenvalue weighted by Crippen LogP contribution is -2.24. The highest BCUT2D eigenvalue weighted by Gasteiger charge is 2.10. The Bertz CT molecular complexity index is 425. The van der Waals surface area contributed by atoms with Crippen molar-refractivity contribution in [1.82, 2.24) is 4.98 Å². The van der Waals surface area contributed by atoms with Gasteiger partial charge in [-0.05, 0) is 19.1 Å². The Kier molecular flexibility index (Phi) is 3.84. The van der Waals surface area contributed by atoms with E-state index in [4.69, 9.17) is 10.4 Å². The van der Waals surface area contributed by atoms with Crippen LogP contribution in [-0.2, 0) is 0 Å². The van der Waals surface area contributed by atoms with Crippen molar-refractivity contribution in [1.29, 1.82) is 5.26 Å². The number of carboxylic acids is 1. The van der Waals surface area contributed by atoms with Gasteiger partial charge in [-0.2, -0.15) is 5.26 Å². The molecule has 0 fully saturated rings. The van der Waals surface area contributed by atoms with Gasteiger partial charge in [0.2, 0.25) is 0 Å². The zero-order valence-corrected chi connectivity index (χ0v) is 9.21. The normalized spacial score (nSPS) is 11.6. The predicted octanol–water partition coefficient (Wildman–Crippen LogP) is 1.38. The first kappa shape index (κ1) is 12.0. The molecule has 0 aliphatic heterocycles. The first-order chi connectivity index (χ1) is 7.54. The van der Waals surface area contributed by atoms with E-state index in [1.54, 1.807) is 31.0 Å². The van der Waals surface area contributed by atoms with Crippen molar-refractivity contribution in [2.75, 3.05) is 18.5 Å². The second-order valence-corrected chi connectivity index (χ2v) is 3.60. The summed E-state index contributed by atoms with van der Waals surface area (Å²) < 4.78 is 0. The van der Waals surface area contributed by atoms with Crippen LogP contribution >= 0.6 is 0 Å². The average molecular weight is 219 g/mol. The molecule has 1 heterocycles. The first-order valence-corrected chi connectivity index (χ1v) is 4.85.